The van der Waals surface area contributed by atoms with Gasteiger partial charge in [-0.15, -0.1) is 0 Å². The first-order valence-electron chi connectivity index (χ1n) is 8.84. The quantitative estimate of drug-likeness (QED) is 0.869. The van der Waals surface area contributed by atoms with Crippen LogP contribution in [-0.4, -0.2) is 13.4 Å². The molecule has 1 aromatic heterocycles. The molecule has 1 aliphatic carbocycles. The summed E-state index contributed by atoms with van der Waals surface area (Å²) >= 11 is 0. The predicted octanol–water partition coefficient (Wildman–Crippen LogP) is 4.24. The van der Waals surface area contributed by atoms with Crippen LogP contribution in [-0.2, 0) is 16.6 Å². The lowest BCUT2D eigenvalue weighted by Crippen LogP contribution is -2.23. The lowest BCUT2D eigenvalue weighted by molar-refractivity contribution is 0.224. The van der Waals surface area contributed by atoms with Gasteiger partial charge in [0.15, 0.2) is 0 Å². The number of aromatic nitrogens is 1. The number of rotatable bonds is 5. The van der Waals surface area contributed by atoms with Crippen molar-refractivity contribution >= 4 is 10.0 Å². The maximum absolute atomic E-state index is 12.5. The second-order valence-corrected chi connectivity index (χ2v) is 9.45. The minimum Gasteiger partial charge on any atom is -0.265 e. The summed E-state index contributed by atoms with van der Waals surface area (Å²) in [5.41, 5.74) is 2.58. The topological polar surface area (TPSA) is 59.1 Å². The van der Waals surface area contributed by atoms with E-state index in [0.717, 1.165) is 5.56 Å². The van der Waals surface area contributed by atoms with Crippen molar-refractivity contribution in [2.45, 2.75) is 56.9 Å². The van der Waals surface area contributed by atoms with E-state index in [1.165, 1.54) is 31.2 Å². The number of sulfonamides is 1. The van der Waals surface area contributed by atoms with Gasteiger partial charge in [0.2, 0.25) is 10.0 Å². The molecule has 0 aliphatic heterocycles. The molecule has 0 bridgehead atoms. The standard InChI is InChI=1S/C20H26N2O2S/c1-20(2)11-7-18(8-12-20)17-3-5-19(6-4-17)25(23,24)22-15-16-9-13-21-14-10-16/h3-6,9-10,13-14,18,22H,7-8,11-12,15H2,1-2H3. The maximum atomic E-state index is 12.5. The molecule has 2 aromatic rings. The van der Waals surface area contributed by atoms with E-state index in [1.807, 2.05) is 12.1 Å². The smallest absolute Gasteiger partial charge is 0.240 e. The van der Waals surface area contributed by atoms with Crippen LogP contribution in [0.4, 0.5) is 0 Å². The van der Waals surface area contributed by atoms with Crippen molar-refractivity contribution in [2.24, 2.45) is 5.41 Å². The van der Waals surface area contributed by atoms with Crippen LogP contribution < -0.4 is 4.72 Å². The second kappa shape index (κ2) is 7.26. The third kappa shape index (κ3) is 4.67. The summed E-state index contributed by atoms with van der Waals surface area (Å²) in [4.78, 5) is 4.25. The molecule has 1 fully saturated rings. The van der Waals surface area contributed by atoms with Gasteiger partial charge in [-0.05, 0) is 72.4 Å². The van der Waals surface area contributed by atoms with E-state index in [2.05, 4.69) is 23.6 Å². The Hall–Kier alpha value is -1.72. The van der Waals surface area contributed by atoms with Gasteiger partial charge < -0.3 is 0 Å². The molecule has 1 aliphatic rings. The van der Waals surface area contributed by atoms with Crippen LogP contribution in [0.15, 0.2) is 53.7 Å². The van der Waals surface area contributed by atoms with Crippen molar-refractivity contribution < 1.29 is 8.42 Å². The first kappa shape index (κ1) is 18.1. The van der Waals surface area contributed by atoms with E-state index in [9.17, 15) is 8.42 Å². The minimum atomic E-state index is -3.49. The lowest BCUT2D eigenvalue weighted by atomic mass is 9.71. The SMILES string of the molecule is CC1(C)CCC(c2ccc(S(=O)(=O)NCc3ccncc3)cc2)CC1. The van der Waals surface area contributed by atoms with Crippen molar-refractivity contribution in [3.8, 4) is 0 Å². The molecule has 1 heterocycles. The molecule has 0 atom stereocenters. The van der Waals surface area contributed by atoms with Crippen LogP contribution >= 0.6 is 0 Å². The normalized spacial score (nSPS) is 18.2. The third-order valence-electron chi connectivity index (χ3n) is 5.22. The fraction of sp³-hybridized carbons (Fsp3) is 0.450. The molecule has 25 heavy (non-hydrogen) atoms. The molecule has 1 N–H and O–H groups in total. The monoisotopic (exact) mass is 358 g/mol. The van der Waals surface area contributed by atoms with Gasteiger partial charge >= 0.3 is 0 Å². The Morgan fingerprint density at radius 1 is 1.04 bits per heavy atom. The van der Waals surface area contributed by atoms with Crippen molar-refractivity contribution in [1.29, 1.82) is 0 Å². The van der Waals surface area contributed by atoms with Gasteiger partial charge in [0.1, 0.15) is 0 Å². The molecule has 4 nitrogen and oxygen atoms in total. The highest BCUT2D eigenvalue weighted by atomic mass is 32.2. The summed E-state index contributed by atoms with van der Waals surface area (Å²) in [7, 11) is -3.49. The number of hydrogen-bond acceptors (Lipinski definition) is 3. The molecule has 134 valence electrons. The number of benzene rings is 1. The average molecular weight is 359 g/mol. The van der Waals surface area contributed by atoms with Gasteiger partial charge in [0, 0.05) is 18.9 Å². The zero-order chi connectivity index (χ0) is 17.9. The first-order chi connectivity index (χ1) is 11.9. The predicted molar refractivity (Wildman–Crippen MR) is 99.7 cm³/mol. The Morgan fingerprint density at radius 2 is 1.64 bits per heavy atom. The summed E-state index contributed by atoms with van der Waals surface area (Å²) in [5, 5.41) is 0. The Labute approximate surface area is 150 Å². The van der Waals surface area contributed by atoms with Crippen LogP contribution in [0.1, 0.15) is 56.6 Å². The molecular formula is C20H26N2O2S. The Balaban J connectivity index is 1.65. The van der Waals surface area contributed by atoms with Gasteiger partial charge in [-0.25, -0.2) is 13.1 Å². The molecule has 0 amide bonds. The van der Waals surface area contributed by atoms with E-state index >= 15 is 0 Å². The Bertz CT molecular complexity index is 789. The Morgan fingerprint density at radius 3 is 2.24 bits per heavy atom. The highest BCUT2D eigenvalue weighted by molar-refractivity contribution is 7.89. The highest BCUT2D eigenvalue weighted by Gasteiger charge is 2.27. The summed E-state index contributed by atoms with van der Waals surface area (Å²) in [5.74, 6) is 0.551. The molecular weight excluding hydrogens is 332 g/mol. The van der Waals surface area contributed by atoms with Gasteiger partial charge in [-0.3, -0.25) is 4.98 Å². The molecule has 0 saturated heterocycles. The van der Waals surface area contributed by atoms with Crippen LogP contribution in [0.3, 0.4) is 0 Å². The van der Waals surface area contributed by atoms with E-state index in [1.54, 1.807) is 36.7 Å². The molecule has 0 spiro atoms. The van der Waals surface area contributed by atoms with E-state index in [4.69, 9.17) is 0 Å². The zero-order valence-electron chi connectivity index (χ0n) is 14.9. The van der Waals surface area contributed by atoms with Crippen LogP contribution in [0.25, 0.3) is 0 Å². The van der Waals surface area contributed by atoms with Crippen molar-refractivity contribution in [1.82, 2.24) is 9.71 Å². The number of nitrogens with one attached hydrogen (secondary N) is 1. The van der Waals surface area contributed by atoms with Crippen molar-refractivity contribution in [3.05, 3.63) is 59.9 Å². The average Bonchev–Trinajstić information content (AvgIpc) is 2.61. The molecule has 3 rings (SSSR count). The summed E-state index contributed by atoms with van der Waals surface area (Å²) < 4.78 is 27.5. The molecule has 5 heteroatoms. The van der Waals surface area contributed by atoms with E-state index in [0.29, 0.717) is 16.2 Å². The van der Waals surface area contributed by atoms with Gasteiger partial charge in [-0.2, -0.15) is 0 Å². The fourth-order valence-electron chi connectivity index (χ4n) is 3.41. The van der Waals surface area contributed by atoms with E-state index in [-0.39, 0.29) is 6.54 Å². The summed E-state index contributed by atoms with van der Waals surface area (Å²) in [6.07, 6.45) is 8.13. The van der Waals surface area contributed by atoms with E-state index < -0.39 is 10.0 Å². The maximum Gasteiger partial charge on any atom is 0.240 e. The summed E-state index contributed by atoms with van der Waals surface area (Å²) in [6, 6.07) is 11.0. The minimum absolute atomic E-state index is 0.268. The molecule has 1 saturated carbocycles. The fourth-order valence-corrected chi connectivity index (χ4v) is 4.43. The van der Waals surface area contributed by atoms with Crippen LogP contribution in [0, 0.1) is 5.41 Å². The number of hydrogen-bond donors (Lipinski definition) is 1. The zero-order valence-corrected chi connectivity index (χ0v) is 15.7. The number of pyridine rings is 1. The molecule has 1 aromatic carbocycles. The summed E-state index contributed by atoms with van der Waals surface area (Å²) in [6.45, 7) is 4.92. The largest absolute Gasteiger partial charge is 0.265 e. The molecule has 0 radical (unpaired) electrons. The van der Waals surface area contributed by atoms with Gasteiger partial charge in [-0.1, -0.05) is 26.0 Å². The molecule has 0 unspecified atom stereocenters. The van der Waals surface area contributed by atoms with Crippen molar-refractivity contribution in [2.75, 3.05) is 0 Å². The van der Waals surface area contributed by atoms with Crippen molar-refractivity contribution in [3.63, 3.8) is 0 Å². The van der Waals surface area contributed by atoms with Gasteiger partial charge in [0.05, 0.1) is 4.90 Å². The van der Waals surface area contributed by atoms with Crippen LogP contribution in [0.2, 0.25) is 0 Å². The Kier molecular flexibility index (Phi) is 5.25. The number of nitrogens with zero attached hydrogens (tertiary/aromatic N) is 1. The van der Waals surface area contributed by atoms with Crippen LogP contribution in [0.5, 0.6) is 0 Å². The highest BCUT2D eigenvalue weighted by Crippen LogP contribution is 2.42. The second-order valence-electron chi connectivity index (χ2n) is 7.69. The van der Waals surface area contributed by atoms with Gasteiger partial charge in [0.25, 0.3) is 0 Å². The first-order valence-corrected chi connectivity index (χ1v) is 10.3. The third-order valence-corrected chi connectivity index (χ3v) is 6.63. The lowest BCUT2D eigenvalue weighted by Gasteiger charge is -2.34.